The van der Waals surface area contributed by atoms with Crippen LogP contribution in [0.5, 0.6) is 0 Å². The summed E-state index contributed by atoms with van der Waals surface area (Å²) < 4.78 is 13.1. The van der Waals surface area contributed by atoms with Crippen molar-refractivity contribution in [3.63, 3.8) is 0 Å². The van der Waals surface area contributed by atoms with Gasteiger partial charge in [0, 0.05) is 61.8 Å². The molecule has 10 heteroatoms. The molecule has 2 aliphatic rings. The van der Waals surface area contributed by atoms with Crippen LogP contribution in [0, 0.1) is 6.92 Å². The van der Waals surface area contributed by atoms with Crippen molar-refractivity contribution in [3.8, 4) is 22.6 Å². The zero-order chi connectivity index (χ0) is 24.5. The highest BCUT2D eigenvalue weighted by Gasteiger charge is 2.32. The fraction of sp³-hybridized carbons (Fsp3) is 0.440. The highest BCUT2D eigenvalue weighted by atomic mass is 16.5. The van der Waals surface area contributed by atoms with Crippen LogP contribution in [-0.4, -0.2) is 75.8 Å². The maximum atomic E-state index is 13.0. The van der Waals surface area contributed by atoms with E-state index in [2.05, 4.69) is 20.2 Å². The number of furan rings is 1. The van der Waals surface area contributed by atoms with Gasteiger partial charge in [0.15, 0.2) is 5.76 Å². The molecule has 2 saturated heterocycles. The Labute approximate surface area is 203 Å². The zero-order valence-electron chi connectivity index (χ0n) is 20.2. The molecule has 35 heavy (non-hydrogen) atoms. The third kappa shape index (κ3) is 4.85. The number of urea groups is 1. The lowest BCUT2D eigenvalue weighted by Crippen LogP contribution is -2.59. The van der Waals surface area contributed by atoms with E-state index in [-0.39, 0.29) is 29.6 Å². The number of piperazine rings is 1. The average Bonchev–Trinajstić information content (AvgIpc) is 3.30. The number of anilines is 1. The third-order valence-electron chi connectivity index (χ3n) is 6.51. The lowest BCUT2D eigenvalue weighted by Gasteiger charge is -2.43. The second kappa shape index (κ2) is 9.63. The van der Waals surface area contributed by atoms with Gasteiger partial charge in [-0.2, -0.15) is 0 Å². The van der Waals surface area contributed by atoms with E-state index in [1.165, 1.54) is 6.07 Å². The number of rotatable bonds is 4. The number of morpholine rings is 1. The molecule has 5 rings (SSSR count). The van der Waals surface area contributed by atoms with Crippen molar-refractivity contribution in [1.29, 1.82) is 0 Å². The molecule has 0 radical (unpaired) electrons. The molecule has 2 amide bonds. The van der Waals surface area contributed by atoms with E-state index in [0.29, 0.717) is 36.7 Å². The number of ether oxygens (including phenoxy) is 1. The Bertz CT molecular complexity index is 1280. The van der Waals surface area contributed by atoms with Crippen molar-refractivity contribution < 1.29 is 13.9 Å². The summed E-state index contributed by atoms with van der Waals surface area (Å²) in [5.74, 6) is 1.50. The van der Waals surface area contributed by atoms with Gasteiger partial charge in [0.25, 0.3) is 5.56 Å². The normalized spacial score (nSPS) is 18.5. The maximum Gasteiger partial charge on any atom is 0.324 e. The van der Waals surface area contributed by atoms with Crippen LogP contribution in [0.25, 0.3) is 22.6 Å². The number of nitrogens with one attached hydrogen (secondary N) is 1. The van der Waals surface area contributed by atoms with Gasteiger partial charge in [-0.15, -0.1) is 0 Å². The summed E-state index contributed by atoms with van der Waals surface area (Å²) in [5.41, 5.74) is 1.96. The first-order chi connectivity index (χ1) is 16.9. The Hall–Kier alpha value is -3.50. The molecule has 1 N–H and O–H groups in total. The number of carbonyl (C=O) groups is 1. The molecule has 10 nitrogen and oxygen atoms in total. The van der Waals surface area contributed by atoms with Gasteiger partial charge in [-0.25, -0.2) is 14.8 Å². The number of aromatic nitrogens is 3. The van der Waals surface area contributed by atoms with E-state index < -0.39 is 0 Å². The van der Waals surface area contributed by atoms with Crippen molar-refractivity contribution in [3.05, 3.63) is 52.8 Å². The van der Waals surface area contributed by atoms with Crippen molar-refractivity contribution in [2.45, 2.75) is 32.9 Å². The Morgan fingerprint density at radius 3 is 2.80 bits per heavy atom. The minimum absolute atomic E-state index is 0.00580. The molecule has 2 aliphatic heterocycles. The molecular weight excluding hydrogens is 448 g/mol. The first-order valence-corrected chi connectivity index (χ1v) is 11.9. The van der Waals surface area contributed by atoms with Crippen molar-refractivity contribution >= 4 is 12.0 Å². The van der Waals surface area contributed by atoms with Gasteiger partial charge in [0.1, 0.15) is 11.5 Å². The first kappa shape index (κ1) is 23.3. The lowest BCUT2D eigenvalue weighted by molar-refractivity contribution is -0.0355. The zero-order valence-corrected chi connectivity index (χ0v) is 20.2. The van der Waals surface area contributed by atoms with Crippen LogP contribution >= 0.6 is 0 Å². The van der Waals surface area contributed by atoms with Crippen molar-refractivity contribution in [2.75, 3.05) is 44.7 Å². The summed E-state index contributed by atoms with van der Waals surface area (Å²) in [6.07, 6.45) is 3.46. The molecule has 0 aromatic carbocycles. The topological polar surface area (TPSA) is 106 Å². The number of fused-ring (bicyclic) bond motifs is 1. The van der Waals surface area contributed by atoms with Crippen molar-refractivity contribution in [2.24, 2.45) is 0 Å². The minimum Gasteiger partial charge on any atom is -0.460 e. The quantitative estimate of drug-likeness (QED) is 0.614. The predicted octanol–water partition coefficient (Wildman–Crippen LogP) is 3.00. The summed E-state index contributed by atoms with van der Waals surface area (Å²) in [6, 6.07) is 6.97. The Kier molecular flexibility index (Phi) is 6.40. The van der Waals surface area contributed by atoms with Crippen LogP contribution in [0.2, 0.25) is 0 Å². The number of amides is 2. The summed E-state index contributed by atoms with van der Waals surface area (Å²) in [7, 11) is 0. The fourth-order valence-electron chi connectivity index (χ4n) is 4.58. The van der Waals surface area contributed by atoms with E-state index in [9.17, 15) is 9.59 Å². The Morgan fingerprint density at radius 1 is 1.17 bits per heavy atom. The monoisotopic (exact) mass is 478 g/mol. The summed E-state index contributed by atoms with van der Waals surface area (Å²) in [6.45, 7) is 10.1. The molecule has 184 valence electrons. The van der Waals surface area contributed by atoms with Crippen LogP contribution < -0.4 is 10.9 Å². The average molecular weight is 479 g/mol. The van der Waals surface area contributed by atoms with Crippen molar-refractivity contribution in [1.82, 2.24) is 24.3 Å². The predicted molar refractivity (Wildman–Crippen MR) is 131 cm³/mol. The van der Waals surface area contributed by atoms with E-state index >= 15 is 0 Å². The second-order valence-corrected chi connectivity index (χ2v) is 9.26. The molecule has 0 saturated carbocycles. The molecule has 3 aromatic rings. The van der Waals surface area contributed by atoms with E-state index in [1.54, 1.807) is 27.9 Å². The molecule has 1 atom stereocenters. The maximum absolute atomic E-state index is 13.0. The lowest BCUT2D eigenvalue weighted by atomic mass is 10.1. The van der Waals surface area contributed by atoms with Gasteiger partial charge in [-0.3, -0.25) is 15.0 Å². The summed E-state index contributed by atoms with van der Waals surface area (Å²) in [5, 5.41) is 2.85. The number of nitrogens with zero attached hydrogens (tertiary/aromatic N) is 5. The van der Waals surface area contributed by atoms with Gasteiger partial charge in [0.2, 0.25) is 5.95 Å². The third-order valence-corrected chi connectivity index (χ3v) is 6.51. The van der Waals surface area contributed by atoms with Crippen LogP contribution in [0.3, 0.4) is 0 Å². The largest absolute Gasteiger partial charge is 0.460 e. The van der Waals surface area contributed by atoms with Crippen LogP contribution in [0.4, 0.5) is 10.7 Å². The number of hydrogen-bond acceptors (Lipinski definition) is 7. The molecule has 2 fully saturated rings. The van der Waals surface area contributed by atoms with E-state index in [1.807, 2.05) is 32.9 Å². The van der Waals surface area contributed by atoms with E-state index in [4.69, 9.17) is 9.15 Å². The minimum atomic E-state index is -0.238. The number of pyridine rings is 1. The first-order valence-electron chi connectivity index (χ1n) is 11.9. The summed E-state index contributed by atoms with van der Waals surface area (Å²) in [4.78, 5) is 38.5. The number of aryl methyl sites for hydroxylation is 1. The molecular formula is C25H30N6O4. The van der Waals surface area contributed by atoms with Gasteiger partial charge in [-0.1, -0.05) is 0 Å². The van der Waals surface area contributed by atoms with Gasteiger partial charge < -0.3 is 18.6 Å². The molecule has 0 unspecified atom stereocenters. The molecule has 3 aromatic heterocycles. The highest BCUT2D eigenvalue weighted by molar-refractivity contribution is 5.88. The molecule has 0 aliphatic carbocycles. The van der Waals surface area contributed by atoms with E-state index in [0.717, 1.165) is 31.0 Å². The second-order valence-electron chi connectivity index (χ2n) is 9.26. The van der Waals surface area contributed by atoms with Gasteiger partial charge >= 0.3 is 6.03 Å². The summed E-state index contributed by atoms with van der Waals surface area (Å²) >= 11 is 0. The number of carbonyl (C=O) groups excluding carboxylic acids is 1. The number of hydrogen-bond donors (Lipinski definition) is 1. The Balaban J connectivity index is 1.44. The van der Waals surface area contributed by atoms with Gasteiger partial charge in [-0.05, 0) is 39.0 Å². The smallest absolute Gasteiger partial charge is 0.324 e. The van der Waals surface area contributed by atoms with Crippen LogP contribution in [-0.2, 0) is 4.74 Å². The highest BCUT2D eigenvalue weighted by Crippen LogP contribution is 2.32. The van der Waals surface area contributed by atoms with Crippen LogP contribution in [0.15, 0.2) is 45.9 Å². The molecule has 0 spiro atoms. The standard InChI is InChI=1S/C25H30N6O4/c1-16(2)31-13-18(5-7-22(31)32)20-12-26-24(27-23(20)21-6-4-17(3)35-21)28-25(33)30-9-8-29-10-11-34-15-19(29)14-30/h4-7,12-13,16,19H,8-11,14-15H2,1-3H3,(H,26,27,28,33)/t19-/m0/s1. The molecule has 5 heterocycles. The molecule has 0 bridgehead atoms. The SMILES string of the molecule is Cc1ccc(-c2nc(NC(=O)N3CCN4CCOC[C@@H]4C3)ncc2-c2ccc(=O)n(C(C)C)c2)o1. The van der Waals surface area contributed by atoms with Gasteiger partial charge in [0.05, 0.1) is 19.3 Å². The fourth-order valence-corrected chi connectivity index (χ4v) is 4.58. The Morgan fingerprint density at radius 2 is 2.03 bits per heavy atom. The van der Waals surface area contributed by atoms with Crippen LogP contribution in [0.1, 0.15) is 25.6 Å².